The highest BCUT2D eigenvalue weighted by Crippen LogP contribution is 2.47. The van der Waals surface area contributed by atoms with Crippen molar-refractivity contribution in [3.8, 4) is 5.82 Å². The molecule has 0 N–H and O–H groups in total. The van der Waals surface area contributed by atoms with Gasteiger partial charge in [0.1, 0.15) is 17.5 Å². The highest BCUT2D eigenvalue weighted by molar-refractivity contribution is 5.77. The quantitative estimate of drug-likeness (QED) is 0.799. The van der Waals surface area contributed by atoms with Crippen LogP contribution in [0.1, 0.15) is 42.4 Å². The van der Waals surface area contributed by atoms with Crippen LogP contribution in [-0.4, -0.2) is 37.3 Å². The standard InChI is InChI=1S/C15H19N5O2/c1-5-22-15(21)12-6-11(12)13-7-14(18-8(2)17-13)20-10(4)16-9(3)19-20/h7,11-12H,5-6H2,1-4H3. The summed E-state index contributed by atoms with van der Waals surface area (Å²) in [5.41, 5.74) is 0.869. The zero-order valence-corrected chi connectivity index (χ0v) is 13.2. The van der Waals surface area contributed by atoms with Crippen LogP contribution in [0.5, 0.6) is 0 Å². The van der Waals surface area contributed by atoms with Crippen molar-refractivity contribution in [3.05, 3.63) is 29.2 Å². The molecule has 1 fully saturated rings. The van der Waals surface area contributed by atoms with Crippen molar-refractivity contribution >= 4 is 5.97 Å². The Kier molecular flexibility index (Phi) is 3.64. The number of rotatable bonds is 4. The van der Waals surface area contributed by atoms with Gasteiger partial charge in [-0.25, -0.2) is 15.0 Å². The number of aromatic nitrogens is 5. The van der Waals surface area contributed by atoms with E-state index in [0.29, 0.717) is 24.1 Å². The first-order valence-electron chi connectivity index (χ1n) is 7.42. The van der Waals surface area contributed by atoms with E-state index in [9.17, 15) is 4.79 Å². The van der Waals surface area contributed by atoms with Crippen LogP contribution in [0.3, 0.4) is 0 Å². The van der Waals surface area contributed by atoms with Gasteiger partial charge in [-0.15, -0.1) is 5.10 Å². The summed E-state index contributed by atoms with van der Waals surface area (Å²) in [4.78, 5) is 25.0. The minimum absolute atomic E-state index is 0.0827. The highest BCUT2D eigenvalue weighted by atomic mass is 16.5. The van der Waals surface area contributed by atoms with Crippen LogP contribution in [0.25, 0.3) is 5.82 Å². The third kappa shape index (κ3) is 2.70. The van der Waals surface area contributed by atoms with E-state index < -0.39 is 0 Å². The van der Waals surface area contributed by atoms with E-state index in [1.54, 1.807) is 4.68 Å². The summed E-state index contributed by atoms with van der Waals surface area (Å²) in [5.74, 6) is 2.72. The van der Waals surface area contributed by atoms with Gasteiger partial charge in [-0.05, 0) is 34.1 Å². The first kappa shape index (κ1) is 14.6. The Morgan fingerprint density at radius 1 is 1.27 bits per heavy atom. The highest BCUT2D eigenvalue weighted by Gasteiger charge is 2.46. The van der Waals surface area contributed by atoms with Crippen LogP contribution in [-0.2, 0) is 9.53 Å². The lowest BCUT2D eigenvalue weighted by molar-refractivity contribution is -0.144. The predicted molar refractivity (Wildman–Crippen MR) is 78.6 cm³/mol. The van der Waals surface area contributed by atoms with Crippen molar-refractivity contribution in [2.24, 2.45) is 5.92 Å². The topological polar surface area (TPSA) is 82.8 Å². The van der Waals surface area contributed by atoms with Gasteiger partial charge in [0.05, 0.1) is 18.2 Å². The summed E-state index contributed by atoms with van der Waals surface area (Å²) in [7, 11) is 0. The average Bonchev–Trinajstić information content (AvgIpc) is 3.18. The molecule has 22 heavy (non-hydrogen) atoms. The molecule has 2 atom stereocenters. The Balaban J connectivity index is 1.89. The number of hydrogen-bond acceptors (Lipinski definition) is 6. The Morgan fingerprint density at radius 3 is 2.68 bits per heavy atom. The zero-order chi connectivity index (χ0) is 15.9. The second-order valence-electron chi connectivity index (χ2n) is 5.52. The molecule has 0 bridgehead atoms. The maximum absolute atomic E-state index is 11.8. The Bertz CT molecular complexity index is 725. The summed E-state index contributed by atoms with van der Waals surface area (Å²) < 4.78 is 6.78. The molecule has 7 heteroatoms. The molecule has 7 nitrogen and oxygen atoms in total. The fourth-order valence-electron chi connectivity index (χ4n) is 2.64. The van der Waals surface area contributed by atoms with Gasteiger partial charge in [-0.1, -0.05) is 0 Å². The smallest absolute Gasteiger partial charge is 0.309 e. The van der Waals surface area contributed by atoms with E-state index >= 15 is 0 Å². The molecular weight excluding hydrogens is 282 g/mol. The van der Waals surface area contributed by atoms with Crippen molar-refractivity contribution in [1.82, 2.24) is 24.7 Å². The minimum Gasteiger partial charge on any atom is -0.466 e. The van der Waals surface area contributed by atoms with Gasteiger partial charge in [0.2, 0.25) is 0 Å². The number of hydrogen-bond donors (Lipinski definition) is 0. The molecule has 0 saturated heterocycles. The molecule has 2 unspecified atom stereocenters. The Labute approximate surface area is 128 Å². The van der Waals surface area contributed by atoms with Gasteiger partial charge >= 0.3 is 5.97 Å². The number of esters is 1. The lowest BCUT2D eigenvalue weighted by Crippen LogP contribution is -2.09. The summed E-state index contributed by atoms with van der Waals surface area (Å²) in [5, 5.41) is 4.35. The van der Waals surface area contributed by atoms with Gasteiger partial charge in [-0.2, -0.15) is 4.68 Å². The monoisotopic (exact) mass is 301 g/mol. The average molecular weight is 301 g/mol. The first-order valence-corrected chi connectivity index (χ1v) is 7.42. The molecule has 1 aliphatic carbocycles. The van der Waals surface area contributed by atoms with Crippen molar-refractivity contribution in [2.45, 2.75) is 40.0 Å². The fraction of sp³-hybridized carbons (Fsp3) is 0.533. The Hall–Kier alpha value is -2.31. The summed E-state index contributed by atoms with van der Waals surface area (Å²) in [6.45, 7) is 7.80. The van der Waals surface area contributed by atoms with Crippen molar-refractivity contribution in [3.63, 3.8) is 0 Å². The Morgan fingerprint density at radius 2 is 2.05 bits per heavy atom. The van der Waals surface area contributed by atoms with Gasteiger partial charge in [0, 0.05) is 12.0 Å². The molecule has 0 spiro atoms. The molecule has 2 aromatic heterocycles. The van der Waals surface area contributed by atoms with Crippen molar-refractivity contribution in [1.29, 1.82) is 0 Å². The van der Waals surface area contributed by atoms with Crippen LogP contribution < -0.4 is 0 Å². The molecule has 2 aromatic rings. The second-order valence-corrected chi connectivity index (χ2v) is 5.52. The van der Waals surface area contributed by atoms with Crippen LogP contribution in [0, 0.1) is 26.7 Å². The SMILES string of the molecule is CCOC(=O)C1CC1c1cc(-n2nc(C)nc2C)nc(C)n1. The van der Waals surface area contributed by atoms with Crippen LogP contribution in [0.15, 0.2) is 6.07 Å². The first-order chi connectivity index (χ1) is 10.5. The molecular formula is C15H19N5O2. The molecule has 2 heterocycles. The summed E-state index contributed by atoms with van der Waals surface area (Å²) in [6, 6.07) is 1.89. The molecule has 3 rings (SSSR count). The van der Waals surface area contributed by atoms with Crippen LogP contribution in [0.2, 0.25) is 0 Å². The van der Waals surface area contributed by atoms with Gasteiger partial charge in [0.25, 0.3) is 0 Å². The molecule has 0 aromatic carbocycles. The van der Waals surface area contributed by atoms with Gasteiger partial charge < -0.3 is 4.74 Å². The summed E-state index contributed by atoms with van der Waals surface area (Å²) >= 11 is 0. The second kappa shape index (κ2) is 5.47. The molecule has 0 radical (unpaired) electrons. The van der Waals surface area contributed by atoms with Gasteiger partial charge in [-0.3, -0.25) is 4.79 Å². The fourth-order valence-corrected chi connectivity index (χ4v) is 2.64. The molecule has 1 aliphatic rings. The van der Waals surface area contributed by atoms with Crippen molar-refractivity contribution < 1.29 is 9.53 Å². The third-order valence-corrected chi connectivity index (χ3v) is 3.70. The normalized spacial score (nSPS) is 20.0. The molecule has 0 amide bonds. The lowest BCUT2D eigenvalue weighted by Gasteiger charge is -2.07. The number of carbonyl (C=O) groups excluding carboxylic acids is 1. The number of aryl methyl sites for hydroxylation is 3. The minimum atomic E-state index is -0.141. The molecule has 1 saturated carbocycles. The molecule has 0 aliphatic heterocycles. The van der Waals surface area contributed by atoms with Crippen LogP contribution >= 0.6 is 0 Å². The predicted octanol–water partition coefficient (Wildman–Crippen LogP) is 1.65. The zero-order valence-electron chi connectivity index (χ0n) is 13.2. The van der Waals surface area contributed by atoms with E-state index in [-0.39, 0.29) is 17.8 Å². The van der Waals surface area contributed by atoms with E-state index in [4.69, 9.17) is 4.74 Å². The summed E-state index contributed by atoms with van der Waals surface area (Å²) in [6.07, 6.45) is 0.782. The van der Waals surface area contributed by atoms with Crippen molar-refractivity contribution in [2.75, 3.05) is 6.61 Å². The third-order valence-electron chi connectivity index (χ3n) is 3.70. The maximum atomic E-state index is 11.8. The largest absolute Gasteiger partial charge is 0.466 e. The number of nitrogens with zero attached hydrogens (tertiary/aromatic N) is 5. The maximum Gasteiger partial charge on any atom is 0.309 e. The lowest BCUT2D eigenvalue weighted by atomic mass is 10.2. The van der Waals surface area contributed by atoms with E-state index in [1.165, 1.54) is 0 Å². The number of ether oxygens (including phenoxy) is 1. The van der Waals surface area contributed by atoms with E-state index in [0.717, 1.165) is 17.9 Å². The van der Waals surface area contributed by atoms with E-state index in [2.05, 4.69) is 20.1 Å². The molecule has 116 valence electrons. The van der Waals surface area contributed by atoms with Gasteiger partial charge in [0.15, 0.2) is 5.82 Å². The van der Waals surface area contributed by atoms with Crippen LogP contribution in [0.4, 0.5) is 0 Å². The number of carbonyl (C=O) groups is 1. The van der Waals surface area contributed by atoms with E-state index in [1.807, 2.05) is 33.8 Å².